The summed E-state index contributed by atoms with van der Waals surface area (Å²) in [5.74, 6) is 0.207. The Morgan fingerprint density at radius 1 is 1.15 bits per heavy atom. The van der Waals surface area contributed by atoms with Gasteiger partial charge < -0.3 is 4.74 Å². The van der Waals surface area contributed by atoms with Crippen molar-refractivity contribution in [1.29, 1.82) is 5.26 Å². The van der Waals surface area contributed by atoms with Crippen LogP contribution in [0.3, 0.4) is 0 Å². The maximum absolute atomic E-state index is 13.4. The quantitative estimate of drug-likeness (QED) is 0.824. The molecule has 2 aromatic rings. The molecule has 0 saturated carbocycles. The van der Waals surface area contributed by atoms with Crippen LogP contribution in [-0.2, 0) is 6.61 Å². The van der Waals surface area contributed by atoms with Crippen LogP contribution < -0.4 is 4.74 Å². The third-order valence-corrected chi connectivity index (χ3v) is 3.13. The molecule has 2 aromatic carbocycles. The highest BCUT2D eigenvalue weighted by atomic mass is 19.1. The molecule has 0 fully saturated rings. The zero-order valence-electron chi connectivity index (χ0n) is 11.6. The molecule has 2 nitrogen and oxygen atoms in total. The van der Waals surface area contributed by atoms with Crippen molar-refractivity contribution in [3.63, 3.8) is 0 Å². The SMILES string of the molecule is CC(C)c1ccc(COc2cccc(F)c2C#N)cc1. The summed E-state index contributed by atoms with van der Waals surface area (Å²) in [5.41, 5.74) is 2.20. The van der Waals surface area contributed by atoms with Gasteiger partial charge in [0.15, 0.2) is 0 Å². The molecule has 20 heavy (non-hydrogen) atoms. The van der Waals surface area contributed by atoms with Gasteiger partial charge in [0.05, 0.1) is 0 Å². The van der Waals surface area contributed by atoms with Gasteiger partial charge in [-0.25, -0.2) is 4.39 Å². The van der Waals surface area contributed by atoms with E-state index >= 15 is 0 Å². The number of hydrogen-bond donors (Lipinski definition) is 0. The lowest BCUT2D eigenvalue weighted by molar-refractivity contribution is 0.303. The molecule has 0 aliphatic rings. The minimum atomic E-state index is -0.555. The molecule has 0 aromatic heterocycles. The molecule has 0 atom stereocenters. The number of rotatable bonds is 4. The van der Waals surface area contributed by atoms with E-state index in [9.17, 15) is 4.39 Å². The zero-order valence-corrected chi connectivity index (χ0v) is 11.6. The van der Waals surface area contributed by atoms with E-state index in [0.717, 1.165) is 5.56 Å². The second kappa shape index (κ2) is 6.21. The number of halogens is 1. The van der Waals surface area contributed by atoms with Gasteiger partial charge in [0.2, 0.25) is 0 Å². The van der Waals surface area contributed by atoms with Crippen molar-refractivity contribution in [2.75, 3.05) is 0 Å². The molecule has 0 saturated heterocycles. The minimum absolute atomic E-state index is 0.0497. The molecular formula is C17H16FNO. The first-order valence-corrected chi connectivity index (χ1v) is 6.52. The summed E-state index contributed by atoms with van der Waals surface area (Å²) in [6.07, 6.45) is 0. The third-order valence-electron chi connectivity index (χ3n) is 3.13. The van der Waals surface area contributed by atoms with Gasteiger partial charge in [-0.3, -0.25) is 0 Å². The Bertz CT molecular complexity index is 626. The summed E-state index contributed by atoms with van der Waals surface area (Å²) < 4.78 is 18.9. The standard InChI is InChI=1S/C17H16FNO/c1-12(2)14-8-6-13(7-9-14)11-20-17-5-3-4-16(18)15(17)10-19/h3-9,12H,11H2,1-2H3. The van der Waals surface area contributed by atoms with Crippen LogP contribution in [0.2, 0.25) is 0 Å². The highest BCUT2D eigenvalue weighted by Gasteiger charge is 2.09. The molecule has 0 bridgehead atoms. The molecule has 0 N–H and O–H groups in total. The molecule has 0 aliphatic heterocycles. The zero-order chi connectivity index (χ0) is 14.5. The highest BCUT2D eigenvalue weighted by Crippen LogP contribution is 2.22. The Kier molecular flexibility index (Phi) is 4.37. The van der Waals surface area contributed by atoms with Gasteiger partial charge in [0.25, 0.3) is 0 Å². The molecule has 0 heterocycles. The average Bonchev–Trinajstić information content (AvgIpc) is 2.45. The van der Waals surface area contributed by atoms with E-state index < -0.39 is 5.82 Å². The number of nitriles is 1. The van der Waals surface area contributed by atoms with E-state index in [2.05, 4.69) is 26.0 Å². The van der Waals surface area contributed by atoms with Crippen LogP contribution >= 0.6 is 0 Å². The Labute approximate surface area is 118 Å². The van der Waals surface area contributed by atoms with Crippen LogP contribution in [0.5, 0.6) is 5.75 Å². The number of ether oxygens (including phenoxy) is 1. The molecule has 0 amide bonds. The Morgan fingerprint density at radius 2 is 1.85 bits per heavy atom. The van der Waals surface area contributed by atoms with Gasteiger partial charge in [-0.2, -0.15) is 5.26 Å². The van der Waals surface area contributed by atoms with E-state index in [1.165, 1.54) is 17.7 Å². The third kappa shape index (κ3) is 3.16. The number of benzene rings is 2. The molecule has 3 heteroatoms. The van der Waals surface area contributed by atoms with Gasteiger partial charge in [0, 0.05) is 0 Å². The van der Waals surface area contributed by atoms with Crippen LogP contribution in [0.25, 0.3) is 0 Å². The van der Waals surface area contributed by atoms with Gasteiger partial charge >= 0.3 is 0 Å². The largest absolute Gasteiger partial charge is 0.487 e. The summed E-state index contributed by atoms with van der Waals surface area (Å²) in [5, 5.41) is 8.92. The van der Waals surface area contributed by atoms with E-state index in [0.29, 0.717) is 12.5 Å². The van der Waals surface area contributed by atoms with Crippen LogP contribution in [0.15, 0.2) is 42.5 Å². The molecule has 0 spiro atoms. The van der Waals surface area contributed by atoms with Crippen LogP contribution in [-0.4, -0.2) is 0 Å². The maximum atomic E-state index is 13.4. The lowest BCUT2D eigenvalue weighted by atomic mass is 10.0. The number of nitrogens with zero attached hydrogens (tertiary/aromatic N) is 1. The molecule has 0 aliphatic carbocycles. The highest BCUT2D eigenvalue weighted by molar-refractivity contribution is 5.43. The van der Waals surface area contributed by atoms with E-state index in [1.54, 1.807) is 6.07 Å². The molecular weight excluding hydrogens is 253 g/mol. The fourth-order valence-corrected chi connectivity index (χ4v) is 1.89. The van der Waals surface area contributed by atoms with Gasteiger partial charge in [0.1, 0.15) is 29.8 Å². The first-order chi connectivity index (χ1) is 9.61. The maximum Gasteiger partial charge on any atom is 0.144 e. The average molecular weight is 269 g/mol. The van der Waals surface area contributed by atoms with Crippen molar-refractivity contribution in [3.8, 4) is 11.8 Å². The fraction of sp³-hybridized carbons (Fsp3) is 0.235. The van der Waals surface area contributed by atoms with E-state index in [1.807, 2.05) is 18.2 Å². The van der Waals surface area contributed by atoms with Crippen LogP contribution in [0, 0.1) is 17.1 Å². The second-order valence-electron chi connectivity index (χ2n) is 4.91. The van der Waals surface area contributed by atoms with Crippen LogP contribution in [0.1, 0.15) is 36.5 Å². The van der Waals surface area contributed by atoms with Gasteiger partial charge in [-0.15, -0.1) is 0 Å². The molecule has 0 radical (unpaired) electrons. The lowest BCUT2D eigenvalue weighted by Gasteiger charge is -2.10. The molecule has 2 rings (SSSR count). The van der Waals surface area contributed by atoms with Gasteiger partial charge in [-0.05, 0) is 29.2 Å². The summed E-state index contributed by atoms with van der Waals surface area (Å²) in [6.45, 7) is 4.59. The minimum Gasteiger partial charge on any atom is -0.487 e. The summed E-state index contributed by atoms with van der Waals surface area (Å²) >= 11 is 0. The second-order valence-corrected chi connectivity index (χ2v) is 4.91. The first-order valence-electron chi connectivity index (χ1n) is 6.52. The Hall–Kier alpha value is -2.34. The van der Waals surface area contributed by atoms with Crippen molar-refractivity contribution < 1.29 is 9.13 Å². The van der Waals surface area contributed by atoms with Crippen molar-refractivity contribution in [3.05, 3.63) is 65.0 Å². The van der Waals surface area contributed by atoms with Crippen molar-refractivity contribution >= 4 is 0 Å². The summed E-state index contributed by atoms with van der Waals surface area (Å²) in [4.78, 5) is 0. The Balaban J connectivity index is 2.09. The van der Waals surface area contributed by atoms with E-state index in [-0.39, 0.29) is 11.3 Å². The smallest absolute Gasteiger partial charge is 0.144 e. The van der Waals surface area contributed by atoms with Crippen molar-refractivity contribution in [2.24, 2.45) is 0 Å². The monoisotopic (exact) mass is 269 g/mol. The summed E-state index contributed by atoms with van der Waals surface area (Å²) in [6, 6.07) is 14.3. The van der Waals surface area contributed by atoms with Crippen molar-refractivity contribution in [2.45, 2.75) is 26.4 Å². The predicted octanol–water partition coefficient (Wildman–Crippen LogP) is 4.40. The van der Waals surface area contributed by atoms with Crippen molar-refractivity contribution in [1.82, 2.24) is 0 Å². The first kappa shape index (κ1) is 14.1. The molecule has 102 valence electrons. The van der Waals surface area contributed by atoms with Crippen LogP contribution in [0.4, 0.5) is 4.39 Å². The van der Waals surface area contributed by atoms with E-state index in [4.69, 9.17) is 10.00 Å². The number of hydrogen-bond acceptors (Lipinski definition) is 2. The Morgan fingerprint density at radius 3 is 2.45 bits per heavy atom. The molecule has 0 unspecified atom stereocenters. The fourth-order valence-electron chi connectivity index (χ4n) is 1.89. The lowest BCUT2D eigenvalue weighted by Crippen LogP contribution is -1.99. The summed E-state index contributed by atoms with van der Waals surface area (Å²) in [7, 11) is 0. The van der Waals surface area contributed by atoms with Gasteiger partial charge in [-0.1, -0.05) is 44.2 Å². The predicted molar refractivity (Wildman–Crippen MR) is 76.0 cm³/mol. The normalized spacial score (nSPS) is 10.3. The topological polar surface area (TPSA) is 33.0 Å².